The molecule has 0 saturated carbocycles. The maximum Gasteiger partial charge on any atom is 0.251 e. The number of hydrogen-bond donors (Lipinski definition) is 2. The molecular formula is C17H17BrN2O2. The summed E-state index contributed by atoms with van der Waals surface area (Å²) in [6.45, 7) is 1.85. The summed E-state index contributed by atoms with van der Waals surface area (Å²) in [6, 6.07) is 16.4. The summed E-state index contributed by atoms with van der Waals surface area (Å²) >= 11 is 3.40. The summed E-state index contributed by atoms with van der Waals surface area (Å²) in [4.78, 5) is 23.8. The molecule has 22 heavy (non-hydrogen) atoms. The second kappa shape index (κ2) is 7.75. The van der Waals surface area contributed by atoms with Crippen LogP contribution in [-0.2, 0) is 4.79 Å². The lowest BCUT2D eigenvalue weighted by atomic mass is 10.1. The zero-order valence-electron chi connectivity index (χ0n) is 12.2. The molecule has 114 valence electrons. The molecule has 2 rings (SSSR count). The molecule has 2 N–H and O–H groups in total. The van der Waals surface area contributed by atoms with E-state index in [9.17, 15) is 9.59 Å². The van der Waals surface area contributed by atoms with Crippen molar-refractivity contribution in [2.24, 2.45) is 0 Å². The minimum absolute atomic E-state index is 0.0495. The van der Waals surface area contributed by atoms with Gasteiger partial charge in [-0.15, -0.1) is 0 Å². The minimum atomic E-state index is -0.258. The maximum atomic E-state index is 11.9. The maximum absolute atomic E-state index is 11.9. The Morgan fingerprint density at radius 2 is 1.82 bits per heavy atom. The zero-order valence-corrected chi connectivity index (χ0v) is 13.8. The highest BCUT2D eigenvalue weighted by Crippen LogP contribution is 2.17. The quantitative estimate of drug-likeness (QED) is 0.860. The van der Waals surface area contributed by atoms with Gasteiger partial charge >= 0.3 is 0 Å². The molecule has 0 saturated heterocycles. The van der Waals surface area contributed by atoms with Crippen LogP contribution in [0.15, 0.2) is 59.1 Å². The Hall–Kier alpha value is -2.14. The van der Waals surface area contributed by atoms with Crippen LogP contribution < -0.4 is 10.6 Å². The molecule has 0 bridgehead atoms. The minimum Gasteiger partial charge on any atom is -0.348 e. The van der Waals surface area contributed by atoms with Crippen LogP contribution in [0.3, 0.4) is 0 Å². The van der Waals surface area contributed by atoms with Gasteiger partial charge in [0.1, 0.15) is 0 Å². The lowest BCUT2D eigenvalue weighted by Crippen LogP contribution is -2.38. The van der Waals surface area contributed by atoms with Gasteiger partial charge in [0.15, 0.2) is 0 Å². The van der Waals surface area contributed by atoms with Crippen molar-refractivity contribution >= 4 is 27.7 Å². The second-order valence-corrected chi connectivity index (χ2v) is 5.81. The van der Waals surface area contributed by atoms with E-state index in [0.717, 1.165) is 10.0 Å². The van der Waals surface area contributed by atoms with E-state index in [1.54, 1.807) is 24.3 Å². The Kier molecular flexibility index (Phi) is 5.72. The third kappa shape index (κ3) is 4.70. The van der Waals surface area contributed by atoms with Gasteiger partial charge in [-0.3, -0.25) is 9.59 Å². The number of benzene rings is 2. The fourth-order valence-corrected chi connectivity index (χ4v) is 2.42. The Morgan fingerprint density at radius 3 is 2.50 bits per heavy atom. The van der Waals surface area contributed by atoms with Crippen molar-refractivity contribution < 1.29 is 9.59 Å². The lowest BCUT2D eigenvalue weighted by Gasteiger charge is -2.15. The van der Waals surface area contributed by atoms with Gasteiger partial charge in [0.25, 0.3) is 5.91 Å². The standard InChI is InChI=1S/C17H17BrN2O2/c1-12(14-8-5-9-15(18)10-14)20-16(21)11-19-17(22)13-6-3-2-4-7-13/h2-10,12H,11H2,1H3,(H,19,22)(H,20,21)/t12-/m1/s1. The molecule has 0 radical (unpaired) electrons. The SMILES string of the molecule is C[C@@H](NC(=O)CNC(=O)c1ccccc1)c1cccc(Br)c1. The van der Waals surface area contributed by atoms with Crippen LogP contribution in [0.5, 0.6) is 0 Å². The van der Waals surface area contributed by atoms with Gasteiger partial charge in [-0.05, 0) is 36.8 Å². The van der Waals surface area contributed by atoms with Crippen LogP contribution >= 0.6 is 15.9 Å². The number of nitrogens with one attached hydrogen (secondary N) is 2. The largest absolute Gasteiger partial charge is 0.348 e. The van der Waals surface area contributed by atoms with Crippen molar-refractivity contribution in [3.63, 3.8) is 0 Å². The first kappa shape index (κ1) is 16.2. The lowest BCUT2D eigenvalue weighted by molar-refractivity contribution is -0.120. The fraction of sp³-hybridized carbons (Fsp3) is 0.176. The van der Waals surface area contributed by atoms with Gasteiger partial charge < -0.3 is 10.6 Å². The molecule has 5 heteroatoms. The van der Waals surface area contributed by atoms with Crippen molar-refractivity contribution in [2.45, 2.75) is 13.0 Å². The Morgan fingerprint density at radius 1 is 1.09 bits per heavy atom. The van der Waals surface area contributed by atoms with Crippen molar-refractivity contribution in [1.82, 2.24) is 10.6 Å². The first-order valence-corrected chi connectivity index (χ1v) is 7.73. The highest BCUT2D eigenvalue weighted by atomic mass is 79.9. The van der Waals surface area contributed by atoms with Crippen LogP contribution in [0.25, 0.3) is 0 Å². The average Bonchev–Trinajstić information content (AvgIpc) is 2.53. The fourth-order valence-electron chi connectivity index (χ4n) is 2.00. The van der Waals surface area contributed by atoms with Crippen LogP contribution in [0.2, 0.25) is 0 Å². The van der Waals surface area contributed by atoms with Crippen LogP contribution in [0.4, 0.5) is 0 Å². The molecule has 0 aromatic heterocycles. The van der Waals surface area contributed by atoms with Gasteiger partial charge in [0.2, 0.25) is 5.91 Å². The highest BCUT2D eigenvalue weighted by molar-refractivity contribution is 9.10. The van der Waals surface area contributed by atoms with E-state index in [2.05, 4.69) is 26.6 Å². The van der Waals surface area contributed by atoms with Crippen molar-refractivity contribution in [3.8, 4) is 0 Å². The van der Waals surface area contributed by atoms with Gasteiger partial charge in [0.05, 0.1) is 12.6 Å². The Labute approximate surface area is 138 Å². The molecule has 4 nitrogen and oxygen atoms in total. The predicted molar refractivity (Wildman–Crippen MR) is 89.5 cm³/mol. The number of rotatable bonds is 5. The van der Waals surface area contributed by atoms with E-state index in [-0.39, 0.29) is 24.4 Å². The normalized spacial score (nSPS) is 11.5. The van der Waals surface area contributed by atoms with Crippen LogP contribution in [-0.4, -0.2) is 18.4 Å². The molecule has 0 aliphatic rings. The molecule has 0 aliphatic heterocycles. The summed E-state index contributed by atoms with van der Waals surface area (Å²) in [6.07, 6.45) is 0. The van der Waals surface area contributed by atoms with Gasteiger partial charge in [-0.2, -0.15) is 0 Å². The van der Waals surface area contributed by atoms with Crippen LogP contribution in [0, 0.1) is 0 Å². The molecule has 2 aromatic carbocycles. The molecule has 2 aromatic rings. The topological polar surface area (TPSA) is 58.2 Å². The summed E-state index contributed by atoms with van der Waals surface area (Å²) < 4.78 is 0.962. The molecule has 0 fully saturated rings. The molecule has 0 heterocycles. The first-order valence-electron chi connectivity index (χ1n) is 6.94. The summed E-state index contributed by atoms with van der Waals surface area (Å²) in [5, 5.41) is 5.46. The Bertz CT molecular complexity index is 659. The van der Waals surface area contributed by atoms with Crippen molar-refractivity contribution in [2.75, 3.05) is 6.54 Å². The number of hydrogen-bond acceptors (Lipinski definition) is 2. The van der Waals surface area contributed by atoms with E-state index in [0.29, 0.717) is 5.56 Å². The second-order valence-electron chi connectivity index (χ2n) is 4.89. The third-order valence-corrected chi connectivity index (χ3v) is 3.66. The number of halogens is 1. The monoisotopic (exact) mass is 360 g/mol. The Balaban J connectivity index is 1.84. The molecule has 1 atom stereocenters. The predicted octanol–water partition coefficient (Wildman–Crippen LogP) is 3.06. The molecular weight excluding hydrogens is 344 g/mol. The van der Waals surface area contributed by atoms with E-state index in [1.807, 2.05) is 37.3 Å². The van der Waals surface area contributed by atoms with Gasteiger partial charge in [-0.25, -0.2) is 0 Å². The smallest absolute Gasteiger partial charge is 0.251 e. The molecule has 2 amide bonds. The van der Waals surface area contributed by atoms with Crippen molar-refractivity contribution in [1.29, 1.82) is 0 Å². The number of amides is 2. The summed E-state index contributed by atoms with van der Waals surface area (Å²) in [5.41, 5.74) is 1.53. The van der Waals surface area contributed by atoms with Crippen molar-refractivity contribution in [3.05, 3.63) is 70.2 Å². The van der Waals surface area contributed by atoms with Gasteiger partial charge in [-0.1, -0.05) is 46.3 Å². The van der Waals surface area contributed by atoms with E-state index in [4.69, 9.17) is 0 Å². The molecule has 0 unspecified atom stereocenters. The van der Waals surface area contributed by atoms with E-state index in [1.165, 1.54) is 0 Å². The molecule has 0 spiro atoms. The zero-order chi connectivity index (χ0) is 15.9. The van der Waals surface area contributed by atoms with E-state index >= 15 is 0 Å². The first-order chi connectivity index (χ1) is 10.6. The number of carbonyl (C=O) groups is 2. The summed E-state index contributed by atoms with van der Waals surface area (Å²) in [7, 11) is 0. The van der Waals surface area contributed by atoms with Crippen LogP contribution in [0.1, 0.15) is 28.9 Å². The molecule has 0 aliphatic carbocycles. The highest BCUT2D eigenvalue weighted by Gasteiger charge is 2.11. The summed E-state index contributed by atoms with van der Waals surface area (Å²) in [5.74, 6) is -0.484. The third-order valence-electron chi connectivity index (χ3n) is 3.17. The number of carbonyl (C=O) groups excluding carboxylic acids is 2. The van der Waals surface area contributed by atoms with E-state index < -0.39 is 0 Å². The average molecular weight is 361 g/mol. The van der Waals surface area contributed by atoms with Gasteiger partial charge in [0, 0.05) is 10.0 Å².